The first-order chi connectivity index (χ1) is 15.1. The molecule has 1 aromatic carbocycles. The normalized spacial score (nSPS) is 13.1. The Morgan fingerprint density at radius 1 is 1.23 bits per heavy atom. The van der Waals surface area contributed by atoms with E-state index in [1.54, 1.807) is 15.9 Å². The lowest BCUT2D eigenvalue weighted by Crippen LogP contribution is -2.21. The number of thiophene rings is 1. The largest absolute Gasteiger partial charge is 0.494 e. The lowest BCUT2D eigenvalue weighted by molar-refractivity contribution is 0.340. The Bertz CT molecular complexity index is 1300. The molecular weight excluding hydrogens is 430 g/mol. The summed E-state index contributed by atoms with van der Waals surface area (Å²) < 4.78 is 12.6. The summed E-state index contributed by atoms with van der Waals surface area (Å²) in [6.07, 6.45) is 3.11. The fourth-order valence-corrected chi connectivity index (χ4v) is 6.52. The average Bonchev–Trinajstić information content (AvgIpc) is 3.43. The fraction of sp³-hybridized carbons (Fsp3) is 0.348. The number of hydrogen-bond acceptors (Lipinski definition) is 7. The van der Waals surface area contributed by atoms with Crippen LogP contribution in [-0.2, 0) is 18.6 Å². The Balaban J connectivity index is 1.64. The van der Waals surface area contributed by atoms with Crippen LogP contribution in [0.1, 0.15) is 40.8 Å². The van der Waals surface area contributed by atoms with Crippen molar-refractivity contribution in [2.24, 2.45) is 0 Å². The van der Waals surface area contributed by atoms with Crippen LogP contribution in [0.25, 0.3) is 15.9 Å². The minimum Gasteiger partial charge on any atom is -0.494 e. The molecule has 160 valence electrons. The third-order valence-corrected chi connectivity index (χ3v) is 7.79. The van der Waals surface area contributed by atoms with Gasteiger partial charge in [0.1, 0.15) is 16.3 Å². The van der Waals surface area contributed by atoms with Crippen molar-refractivity contribution in [1.82, 2.24) is 14.7 Å². The molecule has 31 heavy (non-hydrogen) atoms. The van der Waals surface area contributed by atoms with Gasteiger partial charge >= 0.3 is 0 Å². The van der Waals surface area contributed by atoms with E-state index in [-0.39, 0.29) is 5.56 Å². The molecule has 6 nitrogen and oxygen atoms in total. The number of aryl methyl sites for hydroxylation is 4. The first-order valence-electron chi connectivity index (χ1n) is 10.4. The van der Waals surface area contributed by atoms with Gasteiger partial charge in [-0.25, -0.2) is 4.98 Å². The second kappa shape index (κ2) is 8.16. The number of aromatic nitrogens is 3. The molecule has 4 aromatic rings. The number of rotatable bonds is 6. The molecule has 0 spiro atoms. The highest BCUT2D eigenvalue weighted by atomic mass is 32.2. The molecule has 0 bridgehead atoms. The zero-order valence-corrected chi connectivity index (χ0v) is 19.4. The highest BCUT2D eigenvalue weighted by Gasteiger charge is 2.24. The summed E-state index contributed by atoms with van der Waals surface area (Å²) in [6.45, 7) is 6.41. The van der Waals surface area contributed by atoms with Crippen molar-refractivity contribution in [3.8, 4) is 11.4 Å². The summed E-state index contributed by atoms with van der Waals surface area (Å²) in [7, 11) is 0. The van der Waals surface area contributed by atoms with Crippen LogP contribution in [-0.4, -0.2) is 21.3 Å². The van der Waals surface area contributed by atoms with Gasteiger partial charge in [-0.15, -0.1) is 11.3 Å². The molecule has 0 N–H and O–H groups in total. The van der Waals surface area contributed by atoms with E-state index in [4.69, 9.17) is 14.2 Å². The van der Waals surface area contributed by atoms with Crippen LogP contribution in [0.4, 0.5) is 0 Å². The van der Waals surface area contributed by atoms with E-state index in [1.807, 2.05) is 45.0 Å². The van der Waals surface area contributed by atoms with E-state index < -0.39 is 0 Å². The third kappa shape index (κ3) is 3.57. The summed E-state index contributed by atoms with van der Waals surface area (Å²) in [5, 5.41) is 5.52. The van der Waals surface area contributed by atoms with Crippen LogP contribution in [0.5, 0.6) is 5.75 Å². The first-order valence-corrected chi connectivity index (χ1v) is 12.2. The van der Waals surface area contributed by atoms with Crippen molar-refractivity contribution >= 4 is 33.3 Å². The smallest absolute Gasteiger partial charge is 0.267 e. The molecule has 3 heterocycles. The molecular formula is C23H23N3O3S2. The Hall–Kier alpha value is -2.58. The van der Waals surface area contributed by atoms with E-state index in [9.17, 15) is 4.79 Å². The Morgan fingerprint density at radius 2 is 2.03 bits per heavy atom. The predicted molar refractivity (Wildman–Crippen MR) is 124 cm³/mol. The van der Waals surface area contributed by atoms with Gasteiger partial charge in [0, 0.05) is 16.2 Å². The molecule has 0 atom stereocenters. The minimum atomic E-state index is 0.00909. The highest BCUT2D eigenvalue weighted by Crippen LogP contribution is 2.36. The summed E-state index contributed by atoms with van der Waals surface area (Å²) in [5.41, 5.74) is 3.92. The van der Waals surface area contributed by atoms with Crippen molar-refractivity contribution in [2.75, 3.05) is 6.61 Å². The second-order valence-corrected chi connectivity index (χ2v) is 9.62. The molecule has 1 aliphatic rings. The third-order valence-electron chi connectivity index (χ3n) is 5.64. The van der Waals surface area contributed by atoms with Crippen LogP contribution in [0.15, 0.2) is 38.7 Å². The molecule has 3 aromatic heterocycles. The molecule has 0 saturated carbocycles. The second-order valence-electron chi connectivity index (χ2n) is 7.59. The van der Waals surface area contributed by atoms with Gasteiger partial charge in [0.2, 0.25) is 0 Å². The van der Waals surface area contributed by atoms with Crippen molar-refractivity contribution in [1.29, 1.82) is 0 Å². The van der Waals surface area contributed by atoms with Gasteiger partial charge in [-0.3, -0.25) is 9.36 Å². The van der Waals surface area contributed by atoms with Crippen molar-refractivity contribution in [2.45, 2.75) is 50.9 Å². The van der Waals surface area contributed by atoms with Crippen molar-refractivity contribution in [3.63, 3.8) is 0 Å². The Kier molecular flexibility index (Phi) is 5.35. The fourth-order valence-electron chi connectivity index (χ4n) is 4.05. The number of benzene rings is 1. The van der Waals surface area contributed by atoms with Crippen LogP contribution in [0, 0.1) is 13.8 Å². The number of ether oxygens (including phenoxy) is 1. The van der Waals surface area contributed by atoms with E-state index in [1.165, 1.54) is 22.2 Å². The monoisotopic (exact) mass is 453 g/mol. The molecule has 0 radical (unpaired) electrons. The number of thioether (sulfide) groups is 1. The van der Waals surface area contributed by atoms with E-state index in [0.717, 1.165) is 57.9 Å². The highest BCUT2D eigenvalue weighted by molar-refractivity contribution is 7.98. The standard InChI is InChI=1S/C23H23N3O3S2/c1-4-28-16-10-8-15(9-11-16)26-22(27)20-17-6-5-7-19(17)31-21(20)24-23(26)30-12-18-13(2)25-29-14(18)3/h8-11H,4-7,12H2,1-3H3. The number of nitrogens with zero attached hydrogens (tertiary/aromatic N) is 3. The Morgan fingerprint density at radius 3 is 2.74 bits per heavy atom. The van der Waals surface area contributed by atoms with Gasteiger partial charge < -0.3 is 9.26 Å². The van der Waals surface area contributed by atoms with E-state index in [2.05, 4.69) is 5.16 Å². The van der Waals surface area contributed by atoms with Crippen LogP contribution >= 0.6 is 23.1 Å². The molecule has 0 saturated heterocycles. The Labute approximate surface area is 188 Å². The van der Waals surface area contributed by atoms with Gasteiger partial charge in [0.15, 0.2) is 5.16 Å². The molecule has 0 amide bonds. The lowest BCUT2D eigenvalue weighted by Gasteiger charge is -2.13. The van der Waals surface area contributed by atoms with E-state index in [0.29, 0.717) is 17.5 Å². The first kappa shape index (κ1) is 20.3. The van der Waals surface area contributed by atoms with Gasteiger partial charge in [0.25, 0.3) is 5.56 Å². The van der Waals surface area contributed by atoms with Gasteiger partial charge in [-0.05, 0) is 69.9 Å². The zero-order chi connectivity index (χ0) is 21.5. The topological polar surface area (TPSA) is 70.2 Å². The summed E-state index contributed by atoms with van der Waals surface area (Å²) in [4.78, 5) is 20.8. The zero-order valence-electron chi connectivity index (χ0n) is 17.7. The lowest BCUT2D eigenvalue weighted by atomic mass is 10.2. The van der Waals surface area contributed by atoms with Gasteiger partial charge in [0.05, 0.1) is 23.4 Å². The molecule has 1 aliphatic carbocycles. The van der Waals surface area contributed by atoms with E-state index >= 15 is 0 Å². The number of hydrogen-bond donors (Lipinski definition) is 0. The SMILES string of the molecule is CCOc1ccc(-n2c(SCc3c(C)noc3C)nc3sc4c(c3c2=O)CCC4)cc1. The van der Waals surface area contributed by atoms with Crippen LogP contribution in [0.3, 0.4) is 0 Å². The summed E-state index contributed by atoms with van der Waals surface area (Å²) in [6, 6.07) is 7.64. The molecule has 5 rings (SSSR count). The van der Waals surface area contributed by atoms with Crippen molar-refractivity contribution in [3.05, 3.63) is 62.1 Å². The molecule has 0 unspecified atom stereocenters. The molecule has 0 aliphatic heterocycles. The average molecular weight is 454 g/mol. The summed E-state index contributed by atoms with van der Waals surface area (Å²) >= 11 is 3.21. The minimum absolute atomic E-state index is 0.00909. The van der Waals surface area contributed by atoms with Gasteiger partial charge in [-0.1, -0.05) is 16.9 Å². The molecule has 0 fully saturated rings. The summed E-state index contributed by atoms with van der Waals surface area (Å²) in [5.74, 6) is 2.23. The van der Waals surface area contributed by atoms with Crippen LogP contribution < -0.4 is 10.3 Å². The van der Waals surface area contributed by atoms with Crippen LogP contribution in [0.2, 0.25) is 0 Å². The van der Waals surface area contributed by atoms with Crippen molar-refractivity contribution < 1.29 is 9.26 Å². The maximum absolute atomic E-state index is 13.7. The maximum Gasteiger partial charge on any atom is 0.267 e. The number of fused-ring (bicyclic) bond motifs is 3. The quantitative estimate of drug-likeness (QED) is 0.294. The maximum atomic E-state index is 13.7. The molecule has 8 heteroatoms. The predicted octanol–water partition coefficient (Wildman–Crippen LogP) is 5.23. The van der Waals surface area contributed by atoms with Gasteiger partial charge in [-0.2, -0.15) is 0 Å².